The normalized spacial score (nSPS) is 15.3. The van der Waals surface area contributed by atoms with Crippen LogP contribution in [0.4, 0.5) is 0 Å². The summed E-state index contributed by atoms with van der Waals surface area (Å²) >= 11 is 0. The second kappa shape index (κ2) is 7.26. The Bertz CT molecular complexity index is 661. The SMILES string of the molecule is CN=C(NCc1nnc2n1CCC2)NCC(C)c1ccccc1. The zero-order chi connectivity index (χ0) is 16.1. The summed E-state index contributed by atoms with van der Waals surface area (Å²) in [6.45, 7) is 4.71. The number of benzene rings is 1. The van der Waals surface area contributed by atoms with Crippen LogP contribution in [0.5, 0.6) is 0 Å². The molecule has 0 saturated heterocycles. The average molecular weight is 312 g/mol. The van der Waals surface area contributed by atoms with Gasteiger partial charge in [0.05, 0.1) is 6.54 Å². The van der Waals surface area contributed by atoms with Crippen LogP contribution < -0.4 is 10.6 Å². The van der Waals surface area contributed by atoms with Gasteiger partial charge >= 0.3 is 0 Å². The molecule has 2 heterocycles. The van der Waals surface area contributed by atoms with Crippen LogP contribution in [-0.2, 0) is 19.5 Å². The number of aliphatic imine (C=N–C) groups is 1. The molecular weight excluding hydrogens is 288 g/mol. The van der Waals surface area contributed by atoms with Crippen molar-refractivity contribution in [3.63, 3.8) is 0 Å². The van der Waals surface area contributed by atoms with E-state index in [1.54, 1.807) is 7.05 Å². The predicted octanol–water partition coefficient (Wildman–Crippen LogP) is 1.69. The minimum absolute atomic E-state index is 0.423. The molecule has 1 aromatic heterocycles. The van der Waals surface area contributed by atoms with Crippen LogP contribution in [0.25, 0.3) is 0 Å². The molecule has 23 heavy (non-hydrogen) atoms. The zero-order valence-corrected chi connectivity index (χ0v) is 13.8. The van der Waals surface area contributed by atoms with E-state index in [2.05, 4.69) is 61.6 Å². The monoisotopic (exact) mass is 312 g/mol. The van der Waals surface area contributed by atoms with Gasteiger partial charge in [-0.3, -0.25) is 4.99 Å². The fourth-order valence-corrected chi connectivity index (χ4v) is 2.87. The van der Waals surface area contributed by atoms with Crippen molar-refractivity contribution in [2.24, 2.45) is 4.99 Å². The first-order valence-electron chi connectivity index (χ1n) is 8.18. The topological polar surface area (TPSA) is 67.1 Å². The van der Waals surface area contributed by atoms with E-state index in [4.69, 9.17) is 0 Å². The molecule has 6 heteroatoms. The van der Waals surface area contributed by atoms with Crippen molar-refractivity contribution in [1.29, 1.82) is 0 Å². The maximum atomic E-state index is 4.28. The lowest BCUT2D eigenvalue weighted by molar-refractivity contribution is 0.654. The number of hydrogen-bond acceptors (Lipinski definition) is 3. The Morgan fingerprint density at radius 1 is 1.26 bits per heavy atom. The van der Waals surface area contributed by atoms with Crippen LogP contribution in [0.1, 0.15) is 36.5 Å². The predicted molar refractivity (Wildman–Crippen MR) is 91.4 cm³/mol. The third-order valence-corrected chi connectivity index (χ3v) is 4.27. The van der Waals surface area contributed by atoms with Gasteiger partial charge in [0, 0.05) is 26.6 Å². The van der Waals surface area contributed by atoms with Crippen molar-refractivity contribution >= 4 is 5.96 Å². The van der Waals surface area contributed by atoms with Crippen LogP contribution in [-0.4, -0.2) is 34.3 Å². The van der Waals surface area contributed by atoms with Crippen molar-refractivity contribution in [2.75, 3.05) is 13.6 Å². The summed E-state index contributed by atoms with van der Waals surface area (Å²) in [6, 6.07) is 10.5. The summed E-state index contributed by atoms with van der Waals surface area (Å²) in [6.07, 6.45) is 2.20. The molecule has 0 amide bonds. The molecule has 2 aromatic rings. The number of hydrogen-bond donors (Lipinski definition) is 2. The van der Waals surface area contributed by atoms with Crippen LogP contribution in [0.2, 0.25) is 0 Å². The van der Waals surface area contributed by atoms with E-state index in [1.165, 1.54) is 12.0 Å². The van der Waals surface area contributed by atoms with E-state index in [-0.39, 0.29) is 0 Å². The van der Waals surface area contributed by atoms with E-state index in [1.807, 2.05) is 6.07 Å². The van der Waals surface area contributed by atoms with Gasteiger partial charge in [0.1, 0.15) is 5.82 Å². The highest BCUT2D eigenvalue weighted by Gasteiger charge is 2.17. The lowest BCUT2D eigenvalue weighted by atomic mass is 10.0. The van der Waals surface area contributed by atoms with E-state index in [0.29, 0.717) is 12.5 Å². The minimum Gasteiger partial charge on any atom is -0.356 e. The quantitative estimate of drug-likeness (QED) is 0.651. The van der Waals surface area contributed by atoms with Crippen LogP contribution in [0.3, 0.4) is 0 Å². The molecule has 0 fully saturated rings. The number of fused-ring (bicyclic) bond motifs is 1. The van der Waals surface area contributed by atoms with E-state index >= 15 is 0 Å². The van der Waals surface area contributed by atoms with Crippen LogP contribution in [0, 0.1) is 0 Å². The molecule has 0 saturated carbocycles. The first kappa shape index (κ1) is 15.5. The van der Waals surface area contributed by atoms with E-state index < -0.39 is 0 Å². The Hall–Kier alpha value is -2.37. The average Bonchev–Trinajstić information content (AvgIpc) is 3.20. The van der Waals surface area contributed by atoms with Crippen LogP contribution in [0.15, 0.2) is 35.3 Å². The highest BCUT2D eigenvalue weighted by atomic mass is 15.3. The van der Waals surface area contributed by atoms with Crippen molar-refractivity contribution in [1.82, 2.24) is 25.4 Å². The zero-order valence-electron chi connectivity index (χ0n) is 13.8. The molecule has 122 valence electrons. The van der Waals surface area contributed by atoms with Gasteiger partial charge in [-0.1, -0.05) is 37.3 Å². The van der Waals surface area contributed by atoms with Gasteiger partial charge in [0.2, 0.25) is 0 Å². The number of aryl methyl sites for hydroxylation is 1. The van der Waals surface area contributed by atoms with Gasteiger partial charge in [-0.05, 0) is 17.9 Å². The summed E-state index contributed by atoms with van der Waals surface area (Å²) in [5, 5.41) is 15.2. The Balaban J connectivity index is 1.50. The Morgan fingerprint density at radius 3 is 2.87 bits per heavy atom. The molecule has 0 spiro atoms. The molecule has 1 unspecified atom stereocenters. The third kappa shape index (κ3) is 3.70. The number of nitrogens with zero attached hydrogens (tertiary/aromatic N) is 4. The third-order valence-electron chi connectivity index (χ3n) is 4.27. The fourth-order valence-electron chi connectivity index (χ4n) is 2.87. The molecule has 1 aromatic carbocycles. The number of guanidine groups is 1. The standard InChI is InChI=1S/C17H24N6/c1-13(14-7-4-3-5-8-14)11-19-17(18-2)20-12-16-22-21-15-9-6-10-23(15)16/h3-5,7-8,13H,6,9-12H2,1-2H3,(H2,18,19,20). The summed E-state index contributed by atoms with van der Waals surface area (Å²) < 4.78 is 2.20. The highest BCUT2D eigenvalue weighted by molar-refractivity contribution is 5.79. The van der Waals surface area contributed by atoms with Crippen LogP contribution >= 0.6 is 0 Å². The highest BCUT2D eigenvalue weighted by Crippen LogP contribution is 2.14. The molecule has 6 nitrogen and oxygen atoms in total. The number of nitrogens with one attached hydrogen (secondary N) is 2. The van der Waals surface area contributed by atoms with Crippen molar-refractivity contribution in [3.05, 3.63) is 47.5 Å². The molecule has 1 aliphatic rings. The summed E-state index contributed by atoms with van der Waals surface area (Å²) in [5.74, 6) is 3.30. The summed E-state index contributed by atoms with van der Waals surface area (Å²) in [7, 11) is 1.79. The first-order valence-corrected chi connectivity index (χ1v) is 8.18. The Labute approximate surface area is 137 Å². The van der Waals surface area contributed by atoms with E-state index in [9.17, 15) is 0 Å². The molecule has 0 aliphatic carbocycles. The molecule has 0 radical (unpaired) electrons. The first-order chi connectivity index (χ1) is 11.3. The summed E-state index contributed by atoms with van der Waals surface area (Å²) in [5.41, 5.74) is 1.32. The maximum Gasteiger partial charge on any atom is 0.191 e. The van der Waals surface area contributed by atoms with Crippen molar-refractivity contribution in [3.8, 4) is 0 Å². The second-order valence-corrected chi connectivity index (χ2v) is 5.91. The smallest absolute Gasteiger partial charge is 0.191 e. The molecule has 1 atom stereocenters. The van der Waals surface area contributed by atoms with Crippen molar-refractivity contribution < 1.29 is 0 Å². The van der Waals surface area contributed by atoms with Crippen molar-refractivity contribution in [2.45, 2.75) is 38.8 Å². The van der Waals surface area contributed by atoms with Gasteiger partial charge in [-0.2, -0.15) is 0 Å². The fraction of sp³-hybridized carbons (Fsp3) is 0.471. The molecule has 1 aliphatic heterocycles. The molecular formula is C17H24N6. The van der Waals surface area contributed by atoms with Gasteiger partial charge in [-0.15, -0.1) is 10.2 Å². The molecule has 3 rings (SSSR count). The van der Waals surface area contributed by atoms with Gasteiger partial charge in [0.25, 0.3) is 0 Å². The lowest BCUT2D eigenvalue weighted by Crippen LogP contribution is -2.39. The lowest BCUT2D eigenvalue weighted by Gasteiger charge is -2.16. The molecule has 2 N–H and O–H groups in total. The number of aromatic nitrogens is 3. The molecule has 0 bridgehead atoms. The minimum atomic E-state index is 0.423. The summed E-state index contributed by atoms with van der Waals surface area (Å²) in [4.78, 5) is 4.28. The number of rotatable bonds is 5. The second-order valence-electron chi connectivity index (χ2n) is 5.91. The Morgan fingerprint density at radius 2 is 2.09 bits per heavy atom. The largest absolute Gasteiger partial charge is 0.356 e. The van der Waals surface area contributed by atoms with Gasteiger partial charge < -0.3 is 15.2 Å². The Kier molecular flexibility index (Phi) is 4.90. The van der Waals surface area contributed by atoms with Gasteiger partial charge in [0.15, 0.2) is 11.8 Å². The van der Waals surface area contributed by atoms with Gasteiger partial charge in [-0.25, -0.2) is 0 Å². The maximum absolute atomic E-state index is 4.28. The van der Waals surface area contributed by atoms with E-state index in [0.717, 1.165) is 37.1 Å².